The molecule has 0 atom stereocenters. The van der Waals surface area contributed by atoms with Crippen LogP contribution in [0.3, 0.4) is 0 Å². The highest BCUT2D eigenvalue weighted by Crippen LogP contribution is 2.30. The van der Waals surface area contributed by atoms with E-state index in [0.29, 0.717) is 31.2 Å². The van der Waals surface area contributed by atoms with E-state index >= 15 is 0 Å². The largest absolute Gasteiger partial charge is 0.481 e. The molecule has 2 aliphatic carbocycles. The summed E-state index contributed by atoms with van der Waals surface area (Å²) < 4.78 is 14.3. The fraction of sp³-hybridized carbons (Fsp3) is 0.526. The number of nitrogens with two attached hydrogens (primary N) is 1. The number of amides is 3. The van der Waals surface area contributed by atoms with Gasteiger partial charge in [-0.05, 0) is 50.7 Å². The SMILES string of the molecule is NC(=O)c1ccc(CN(C(=O)NC2CCC(C(=O)O)CC2)C2CC2)c(F)c1. The number of hydrogen-bond donors (Lipinski definition) is 3. The minimum atomic E-state index is -0.783. The third kappa shape index (κ3) is 4.75. The van der Waals surface area contributed by atoms with Gasteiger partial charge in [0.05, 0.1) is 12.5 Å². The van der Waals surface area contributed by atoms with Gasteiger partial charge in [0.1, 0.15) is 5.82 Å². The molecule has 0 spiro atoms. The number of nitrogens with one attached hydrogen (secondary N) is 1. The number of carbonyl (C=O) groups is 3. The van der Waals surface area contributed by atoms with Gasteiger partial charge in [-0.1, -0.05) is 6.07 Å². The Kier molecular flexibility index (Phi) is 5.62. The van der Waals surface area contributed by atoms with Crippen LogP contribution in [0, 0.1) is 11.7 Å². The molecular weight excluding hydrogens is 353 g/mol. The second-order valence-corrected chi connectivity index (χ2v) is 7.37. The number of aliphatic carboxylic acids is 1. The Bertz CT molecular complexity index is 742. The number of hydrogen-bond acceptors (Lipinski definition) is 3. The molecular formula is C19H24FN3O4. The Labute approximate surface area is 156 Å². The highest BCUT2D eigenvalue weighted by atomic mass is 19.1. The lowest BCUT2D eigenvalue weighted by Crippen LogP contribution is -2.47. The number of halogens is 1. The lowest BCUT2D eigenvalue weighted by molar-refractivity contribution is -0.142. The number of benzene rings is 1. The Morgan fingerprint density at radius 2 is 1.81 bits per heavy atom. The maximum Gasteiger partial charge on any atom is 0.318 e. The zero-order valence-corrected chi connectivity index (χ0v) is 15.0. The summed E-state index contributed by atoms with van der Waals surface area (Å²) in [5.74, 6) is -2.38. The third-order valence-corrected chi connectivity index (χ3v) is 5.33. The molecule has 2 saturated carbocycles. The first-order valence-corrected chi connectivity index (χ1v) is 9.23. The number of carboxylic acid groups (broad SMARTS) is 1. The Morgan fingerprint density at radius 1 is 1.15 bits per heavy atom. The molecule has 146 valence electrons. The summed E-state index contributed by atoms with van der Waals surface area (Å²) in [7, 11) is 0. The van der Waals surface area contributed by atoms with Crippen LogP contribution in [0.1, 0.15) is 54.4 Å². The number of primary amides is 1. The highest BCUT2D eigenvalue weighted by molar-refractivity contribution is 5.92. The van der Waals surface area contributed by atoms with Crippen molar-refractivity contribution in [3.8, 4) is 0 Å². The average molecular weight is 377 g/mol. The first kappa shape index (κ1) is 19.1. The van der Waals surface area contributed by atoms with Crippen LogP contribution in [0.2, 0.25) is 0 Å². The van der Waals surface area contributed by atoms with Gasteiger partial charge in [0.15, 0.2) is 0 Å². The molecule has 1 aromatic rings. The summed E-state index contributed by atoms with van der Waals surface area (Å²) >= 11 is 0. The van der Waals surface area contributed by atoms with Crippen LogP contribution < -0.4 is 11.1 Å². The van der Waals surface area contributed by atoms with Gasteiger partial charge in [0.25, 0.3) is 0 Å². The Morgan fingerprint density at radius 3 is 2.33 bits per heavy atom. The molecule has 0 aliphatic heterocycles. The predicted molar refractivity (Wildman–Crippen MR) is 95.4 cm³/mol. The van der Waals surface area contributed by atoms with Gasteiger partial charge < -0.3 is 21.1 Å². The zero-order chi connectivity index (χ0) is 19.6. The lowest BCUT2D eigenvalue weighted by Gasteiger charge is -2.30. The number of urea groups is 1. The molecule has 2 fully saturated rings. The first-order valence-electron chi connectivity index (χ1n) is 9.23. The van der Waals surface area contributed by atoms with Crippen molar-refractivity contribution < 1.29 is 23.9 Å². The Balaban J connectivity index is 1.62. The first-order chi connectivity index (χ1) is 12.8. The van der Waals surface area contributed by atoms with E-state index in [-0.39, 0.29) is 36.1 Å². The molecule has 0 radical (unpaired) electrons. The smallest absolute Gasteiger partial charge is 0.318 e. The molecule has 4 N–H and O–H groups in total. The van der Waals surface area contributed by atoms with Gasteiger partial charge in [-0.2, -0.15) is 0 Å². The molecule has 7 nitrogen and oxygen atoms in total. The lowest BCUT2D eigenvalue weighted by atomic mass is 9.86. The molecule has 0 aromatic heterocycles. The van der Waals surface area contributed by atoms with Crippen molar-refractivity contribution in [3.05, 3.63) is 35.1 Å². The monoisotopic (exact) mass is 377 g/mol. The van der Waals surface area contributed by atoms with Crippen molar-refractivity contribution >= 4 is 17.9 Å². The number of carboxylic acids is 1. The molecule has 3 rings (SSSR count). The second kappa shape index (κ2) is 7.94. The second-order valence-electron chi connectivity index (χ2n) is 7.37. The molecule has 0 saturated heterocycles. The van der Waals surface area contributed by atoms with Crippen LogP contribution >= 0.6 is 0 Å². The fourth-order valence-electron chi connectivity index (χ4n) is 3.51. The van der Waals surface area contributed by atoms with Crippen molar-refractivity contribution in [2.75, 3.05) is 0 Å². The van der Waals surface area contributed by atoms with Crippen molar-refractivity contribution in [1.29, 1.82) is 0 Å². The molecule has 27 heavy (non-hydrogen) atoms. The molecule has 2 aliphatic rings. The average Bonchev–Trinajstić information content (AvgIpc) is 3.45. The van der Waals surface area contributed by atoms with Gasteiger partial charge in [-0.25, -0.2) is 9.18 Å². The van der Waals surface area contributed by atoms with Crippen molar-refractivity contribution in [2.45, 2.75) is 57.2 Å². The van der Waals surface area contributed by atoms with E-state index < -0.39 is 17.7 Å². The van der Waals surface area contributed by atoms with Crippen molar-refractivity contribution in [1.82, 2.24) is 10.2 Å². The van der Waals surface area contributed by atoms with Crippen LogP contribution in [0.5, 0.6) is 0 Å². The van der Waals surface area contributed by atoms with Crippen molar-refractivity contribution in [3.63, 3.8) is 0 Å². The van der Waals surface area contributed by atoms with Crippen LogP contribution in [0.15, 0.2) is 18.2 Å². The van der Waals surface area contributed by atoms with Crippen LogP contribution in [0.4, 0.5) is 9.18 Å². The quantitative estimate of drug-likeness (QED) is 0.705. The number of carbonyl (C=O) groups excluding carboxylic acids is 2. The van der Waals surface area contributed by atoms with Crippen LogP contribution in [-0.2, 0) is 11.3 Å². The van der Waals surface area contributed by atoms with Crippen LogP contribution in [-0.4, -0.2) is 40.0 Å². The van der Waals surface area contributed by atoms with E-state index in [9.17, 15) is 18.8 Å². The topological polar surface area (TPSA) is 113 Å². The minimum Gasteiger partial charge on any atom is -0.481 e. The van der Waals surface area contributed by atoms with E-state index in [1.807, 2.05) is 0 Å². The minimum absolute atomic E-state index is 0.0589. The highest BCUT2D eigenvalue weighted by Gasteiger charge is 2.35. The summed E-state index contributed by atoms with van der Waals surface area (Å²) in [4.78, 5) is 36.5. The summed E-state index contributed by atoms with van der Waals surface area (Å²) in [6, 6.07) is 3.79. The molecule has 8 heteroatoms. The molecule has 0 unspecified atom stereocenters. The number of rotatable bonds is 6. The van der Waals surface area contributed by atoms with Gasteiger partial charge >= 0.3 is 12.0 Å². The molecule has 1 aromatic carbocycles. The number of nitrogens with zero attached hydrogens (tertiary/aromatic N) is 1. The molecule has 0 heterocycles. The fourth-order valence-corrected chi connectivity index (χ4v) is 3.51. The summed E-state index contributed by atoms with van der Waals surface area (Å²) in [6.07, 6.45) is 4.10. The van der Waals surface area contributed by atoms with Gasteiger partial charge in [-0.15, -0.1) is 0 Å². The van der Waals surface area contributed by atoms with Crippen LogP contribution in [0.25, 0.3) is 0 Å². The normalized spacial score (nSPS) is 22.1. The van der Waals surface area contributed by atoms with Gasteiger partial charge in [0.2, 0.25) is 5.91 Å². The van der Waals surface area contributed by atoms with E-state index in [0.717, 1.165) is 18.9 Å². The molecule has 3 amide bonds. The summed E-state index contributed by atoms with van der Waals surface area (Å²) in [5, 5.41) is 12.0. The van der Waals surface area contributed by atoms with Gasteiger partial charge in [-0.3, -0.25) is 9.59 Å². The van der Waals surface area contributed by atoms with E-state index in [1.54, 1.807) is 4.90 Å². The molecule has 0 bridgehead atoms. The van der Waals surface area contributed by atoms with E-state index in [2.05, 4.69) is 5.32 Å². The van der Waals surface area contributed by atoms with Gasteiger partial charge in [0, 0.05) is 23.2 Å². The standard InChI is InChI=1S/C19H24FN3O4/c20-16-9-12(17(21)24)1-2-13(16)10-23(15-7-8-15)19(27)22-14-5-3-11(4-6-14)18(25)26/h1-2,9,11,14-15H,3-8,10H2,(H2,21,24)(H,22,27)(H,25,26). The predicted octanol–water partition coefficient (Wildman–Crippen LogP) is 2.24. The van der Waals surface area contributed by atoms with E-state index in [1.165, 1.54) is 12.1 Å². The van der Waals surface area contributed by atoms with E-state index in [4.69, 9.17) is 10.8 Å². The maximum atomic E-state index is 14.3. The maximum absolute atomic E-state index is 14.3. The third-order valence-electron chi connectivity index (χ3n) is 5.33. The summed E-state index contributed by atoms with van der Waals surface area (Å²) in [6.45, 7) is 0.117. The summed E-state index contributed by atoms with van der Waals surface area (Å²) in [5.41, 5.74) is 5.58. The Hall–Kier alpha value is -2.64. The zero-order valence-electron chi connectivity index (χ0n) is 15.0. The van der Waals surface area contributed by atoms with Crippen molar-refractivity contribution in [2.24, 2.45) is 11.7 Å².